The number of hydrogen-bond donors (Lipinski definition) is 1. The molecule has 3 aromatic rings. The number of nitro benzene ring substituents is 2. The van der Waals surface area contributed by atoms with E-state index in [0.29, 0.717) is 17.6 Å². The van der Waals surface area contributed by atoms with E-state index in [0.717, 1.165) is 0 Å². The van der Waals surface area contributed by atoms with Crippen LogP contribution in [-0.4, -0.2) is 55.5 Å². The number of anilines is 1. The van der Waals surface area contributed by atoms with Crippen LogP contribution < -0.4 is 24.3 Å². The minimum atomic E-state index is -5.16. The number of alkyl halides is 3. The lowest BCUT2D eigenvalue weighted by atomic mass is 10.1. The summed E-state index contributed by atoms with van der Waals surface area (Å²) in [4.78, 5) is 20.7. The van der Waals surface area contributed by atoms with Crippen LogP contribution in [0.15, 0.2) is 60.7 Å². The van der Waals surface area contributed by atoms with Crippen LogP contribution in [0.2, 0.25) is 0 Å². The third-order valence-electron chi connectivity index (χ3n) is 5.71. The largest absolute Gasteiger partial charge is 0.487 e. The Morgan fingerprint density at radius 1 is 0.732 bits per heavy atom. The number of ether oxygens (including phenoxy) is 5. The van der Waals surface area contributed by atoms with Crippen LogP contribution in [0.4, 0.5) is 30.2 Å². The summed E-state index contributed by atoms with van der Waals surface area (Å²) < 4.78 is 70.6. The number of benzene rings is 3. The van der Waals surface area contributed by atoms with E-state index in [9.17, 15) is 33.4 Å². The van der Waals surface area contributed by atoms with Crippen LogP contribution in [0.1, 0.15) is 5.56 Å². The van der Waals surface area contributed by atoms with Gasteiger partial charge in [-0.15, -0.1) is 0 Å². The Labute approximate surface area is 230 Å². The quantitative estimate of drug-likeness (QED) is 0.321. The summed E-state index contributed by atoms with van der Waals surface area (Å²) in [6.45, 7) is 0.141. The maximum absolute atomic E-state index is 14.0. The van der Waals surface area contributed by atoms with Gasteiger partial charge in [0.05, 0.1) is 40.7 Å². The van der Waals surface area contributed by atoms with Crippen LogP contribution >= 0.6 is 0 Å². The van der Waals surface area contributed by atoms with Gasteiger partial charge in [0.25, 0.3) is 11.4 Å². The highest BCUT2D eigenvalue weighted by atomic mass is 19.4. The van der Waals surface area contributed by atoms with E-state index in [-0.39, 0.29) is 57.2 Å². The molecule has 1 N–H and O–H groups in total. The van der Waals surface area contributed by atoms with Gasteiger partial charge in [-0.1, -0.05) is 24.3 Å². The first-order valence-corrected chi connectivity index (χ1v) is 12.2. The summed E-state index contributed by atoms with van der Waals surface area (Å²) in [5.41, 5.74) is -4.77. The molecule has 0 bridgehead atoms. The van der Waals surface area contributed by atoms with Crippen molar-refractivity contribution in [3.05, 3.63) is 86.5 Å². The maximum atomic E-state index is 14.0. The van der Waals surface area contributed by atoms with Gasteiger partial charge in [0.2, 0.25) is 0 Å². The van der Waals surface area contributed by atoms with E-state index in [4.69, 9.17) is 23.7 Å². The molecule has 12 nitrogen and oxygen atoms in total. The summed E-state index contributed by atoms with van der Waals surface area (Å²) in [5.74, 6) is 1.18. The summed E-state index contributed by atoms with van der Waals surface area (Å²) in [6, 6.07) is 12.7. The molecule has 218 valence electrons. The summed E-state index contributed by atoms with van der Waals surface area (Å²) >= 11 is 0. The molecule has 0 aliphatic carbocycles. The van der Waals surface area contributed by atoms with Gasteiger partial charge in [-0.2, -0.15) is 13.2 Å². The van der Waals surface area contributed by atoms with Crippen LogP contribution in [0.5, 0.6) is 23.0 Å². The number of hydrogen-bond acceptors (Lipinski definition) is 10. The fourth-order valence-corrected chi connectivity index (χ4v) is 3.85. The van der Waals surface area contributed by atoms with Crippen molar-refractivity contribution in [1.29, 1.82) is 0 Å². The normalized spacial score (nSPS) is 15.1. The molecule has 0 radical (unpaired) electrons. The molecule has 0 aromatic heterocycles. The second-order valence-corrected chi connectivity index (χ2v) is 8.57. The van der Waals surface area contributed by atoms with Crippen molar-refractivity contribution in [1.82, 2.24) is 0 Å². The highest BCUT2D eigenvalue weighted by Crippen LogP contribution is 2.43. The van der Waals surface area contributed by atoms with E-state index >= 15 is 0 Å². The lowest BCUT2D eigenvalue weighted by Gasteiger charge is -2.24. The standard InChI is InChI=1S/C26H24F3N3O9/c27-26(28,29)19-13-18(31(33)34)14-20(32(35)36)25(19)30-17-15-40-23-7-3-1-5-21(23)38-11-9-37-10-12-39-22-6-2-4-8-24(22)41-16-17/h1-8,13-14,17,30H,9-12,15-16H2. The molecule has 1 aliphatic rings. The van der Waals surface area contributed by atoms with E-state index in [1.54, 1.807) is 48.5 Å². The molecule has 0 unspecified atom stereocenters. The van der Waals surface area contributed by atoms with Crippen molar-refractivity contribution in [3.8, 4) is 23.0 Å². The average Bonchev–Trinajstić information content (AvgIpc) is 2.93. The van der Waals surface area contributed by atoms with Gasteiger partial charge in [0, 0.05) is 6.07 Å². The zero-order valence-corrected chi connectivity index (χ0v) is 21.3. The lowest BCUT2D eigenvalue weighted by Crippen LogP contribution is -2.34. The second kappa shape index (κ2) is 13.0. The predicted octanol–water partition coefficient (Wildman–Crippen LogP) is 5.25. The predicted molar refractivity (Wildman–Crippen MR) is 138 cm³/mol. The minimum absolute atomic E-state index is 0.172. The molecule has 0 atom stereocenters. The Morgan fingerprint density at radius 2 is 1.22 bits per heavy atom. The number of non-ortho nitro benzene ring substituents is 1. The van der Waals surface area contributed by atoms with Gasteiger partial charge >= 0.3 is 6.18 Å². The molecule has 3 aromatic carbocycles. The van der Waals surface area contributed by atoms with Gasteiger partial charge in [-0.3, -0.25) is 20.2 Å². The Bertz CT molecular complexity index is 1330. The number of nitrogens with one attached hydrogen (secondary N) is 1. The molecule has 41 heavy (non-hydrogen) atoms. The van der Waals surface area contributed by atoms with Crippen LogP contribution in [0.25, 0.3) is 0 Å². The van der Waals surface area contributed by atoms with Gasteiger partial charge in [0.1, 0.15) is 32.1 Å². The zero-order valence-electron chi connectivity index (χ0n) is 21.3. The van der Waals surface area contributed by atoms with Crippen LogP contribution in [0, 0.1) is 20.2 Å². The monoisotopic (exact) mass is 579 g/mol. The molecule has 0 saturated heterocycles. The maximum Gasteiger partial charge on any atom is 0.418 e. The number of nitro groups is 2. The Kier molecular flexibility index (Phi) is 9.29. The van der Waals surface area contributed by atoms with Crippen molar-refractivity contribution < 1.29 is 46.7 Å². The van der Waals surface area contributed by atoms with Crippen molar-refractivity contribution in [2.24, 2.45) is 0 Å². The number of nitrogens with zero attached hydrogens (tertiary/aromatic N) is 2. The van der Waals surface area contributed by atoms with Gasteiger partial charge in [-0.05, 0) is 24.3 Å². The first kappa shape index (κ1) is 29.2. The molecule has 0 spiro atoms. The summed E-state index contributed by atoms with van der Waals surface area (Å²) in [5, 5.41) is 25.5. The van der Waals surface area contributed by atoms with Crippen molar-refractivity contribution in [2.75, 3.05) is 45.0 Å². The smallest absolute Gasteiger partial charge is 0.418 e. The van der Waals surface area contributed by atoms with Gasteiger partial charge in [-0.25, -0.2) is 0 Å². The van der Waals surface area contributed by atoms with E-state index in [1.807, 2.05) is 0 Å². The molecular weight excluding hydrogens is 555 g/mol. The number of rotatable bonds is 4. The molecule has 0 saturated carbocycles. The Morgan fingerprint density at radius 3 is 1.66 bits per heavy atom. The first-order chi connectivity index (χ1) is 19.6. The topological polar surface area (TPSA) is 144 Å². The summed E-state index contributed by atoms with van der Waals surface area (Å²) in [7, 11) is 0. The minimum Gasteiger partial charge on any atom is -0.487 e. The molecule has 1 heterocycles. The number of fused-ring (bicyclic) bond motifs is 2. The summed E-state index contributed by atoms with van der Waals surface area (Å²) in [6.07, 6.45) is -5.16. The van der Waals surface area contributed by atoms with Gasteiger partial charge in [0.15, 0.2) is 23.0 Å². The fraction of sp³-hybridized carbons (Fsp3) is 0.308. The van der Waals surface area contributed by atoms with E-state index in [1.165, 1.54) is 0 Å². The Balaban J connectivity index is 1.72. The lowest BCUT2D eigenvalue weighted by molar-refractivity contribution is -0.394. The Hall–Kier alpha value is -4.79. The molecule has 0 amide bonds. The third-order valence-corrected chi connectivity index (χ3v) is 5.71. The third kappa shape index (κ3) is 7.66. The van der Waals surface area contributed by atoms with Crippen LogP contribution in [-0.2, 0) is 10.9 Å². The van der Waals surface area contributed by atoms with Crippen molar-refractivity contribution in [3.63, 3.8) is 0 Å². The highest BCUT2D eigenvalue weighted by Gasteiger charge is 2.40. The van der Waals surface area contributed by atoms with Crippen LogP contribution in [0.3, 0.4) is 0 Å². The zero-order chi connectivity index (χ0) is 29.4. The SMILES string of the molecule is O=[N+]([O-])c1cc([N+](=O)[O-])c(NC2COc3ccccc3OCCOCCOc3ccccc3OC2)c(C(F)(F)F)c1. The van der Waals surface area contributed by atoms with Crippen molar-refractivity contribution in [2.45, 2.75) is 12.2 Å². The molecule has 1 aliphatic heterocycles. The molecule has 15 heteroatoms. The molecule has 0 fully saturated rings. The van der Waals surface area contributed by atoms with E-state index < -0.39 is 44.7 Å². The number of halogens is 3. The number of para-hydroxylation sites is 4. The molecular formula is C26H24F3N3O9. The highest BCUT2D eigenvalue weighted by molar-refractivity contribution is 5.71. The first-order valence-electron chi connectivity index (χ1n) is 12.2. The average molecular weight is 579 g/mol. The molecule has 4 rings (SSSR count). The van der Waals surface area contributed by atoms with Gasteiger partial charge < -0.3 is 29.0 Å². The van der Waals surface area contributed by atoms with E-state index in [2.05, 4.69) is 5.32 Å². The van der Waals surface area contributed by atoms with Crippen molar-refractivity contribution >= 4 is 17.1 Å². The fourth-order valence-electron chi connectivity index (χ4n) is 3.85. The second-order valence-electron chi connectivity index (χ2n) is 8.57.